The molecule has 1 saturated carbocycles. The predicted octanol–water partition coefficient (Wildman–Crippen LogP) is -2.47. The van der Waals surface area contributed by atoms with Crippen LogP contribution in [0.2, 0.25) is 0 Å². The highest BCUT2D eigenvalue weighted by Gasteiger charge is 2.55. The standard InChI is InChI=1S/C8H16N2O3/c9-8(1-2-8)7-6(13)5(12)4(3-11)10-7/h4-7,10-13H,1-3,9H2/t4-,5+,6-,7+/m1/s1. The maximum atomic E-state index is 9.63. The van der Waals surface area contributed by atoms with Crippen LogP contribution < -0.4 is 11.1 Å². The van der Waals surface area contributed by atoms with Gasteiger partial charge in [0.05, 0.1) is 30.9 Å². The van der Waals surface area contributed by atoms with Crippen molar-refractivity contribution >= 4 is 0 Å². The lowest BCUT2D eigenvalue weighted by atomic mass is 10.0. The Balaban J connectivity index is 2.07. The quantitative estimate of drug-likeness (QED) is 0.331. The van der Waals surface area contributed by atoms with Gasteiger partial charge in [0.25, 0.3) is 0 Å². The number of aliphatic hydroxyl groups excluding tert-OH is 3. The van der Waals surface area contributed by atoms with Gasteiger partial charge in [0, 0.05) is 5.54 Å². The van der Waals surface area contributed by atoms with Gasteiger partial charge in [-0.25, -0.2) is 0 Å². The minimum absolute atomic E-state index is 0.176. The average Bonchev–Trinajstić information content (AvgIpc) is 2.77. The number of nitrogens with one attached hydrogen (secondary N) is 1. The van der Waals surface area contributed by atoms with Gasteiger partial charge in [-0.2, -0.15) is 0 Å². The molecule has 76 valence electrons. The second-order valence-corrected chi connectivity index (χ2v) is 4.15. The number of aliphatic hydroxyl groups is 3. The van der Waals surface area contributed by atoms with Crippen molar-refractivity contribution in [3.63, 3.8) is 0 Å². The second-order valence-electron chi connectivity index (χ2n) is 4.15. The number of nitrogens with two attached hydrogens (primary N) is 1. The molecule has 1 saturated heterocycles. The van der Waals surface area contributed by atoms with Crippen molar-refractivity contribution in [2.75, 3.05) is 6.61 Å². The summed E-state index contributed by atoms with van der Waals surface area (Å²) in [5.74, 6) is 0. The highest BCUT2D eigenvalue weighted by molar-refractivity contribution is 5.16. The van der Waals surface area contributed by atoms with E-state index in [1.807, 2.05) is 0 Å². The van der Waals surface area contributed by atoms with Gasteiger partial charge in [0.15, 0.2) is 0 Å². The maximum absolute atomic E-state index is 9.63. The summed E-state index contributed by atoms with van der Waals surface area (Å²) in [5.41, 5.74) is 5.54. The van der Waals surface area contributed by atoms with Crippen molar-refractivity contribution < 1.29 is 15.3 Å². The number of rotatable bonds is 2. The van der Waals surface area contributed by atoms with Gasteiger partial charge < -0.3 is 26.4 Å². The van der Waals surface area contributed by atoms with Crippen LogP contribution in [0.25, 0.3) is 0 Å². The lowest BCUT2D eigenvalue weighted by Crippen LogP contribution is -2.50. The Bertz CT molecular complexity index is 208. The Morgan fingerprint density at radius 2 is 1.92 bits per heavy atom. The molecule has 4 atom stereocenters. The Kier molecular flexibility index (Phi) is 2.08. The summed E-state index contributed by atoms with van der Waals surface area (Å²) < 4.78 is 0. The van der Waals surface area contributed by atoms with Gasteiger partial charge >= 0.3 is 0 Å². The highest BCUT2D eigenvalue weighted by Crippen LogP contribution is 2.39. The molecule has 0 aromatic rings. The van der Waals surface area contributed by atoms with Crippen LogP contribution in [0.5, 0.6) is 0 Å². The minimum Gasteiger partial charge on any atom is -0.395 e. The van der Waals surface area contributed by atoms with Crippen LogP contribution in [-0.4, -0.2) is 51.8 Å². The van der Waals surface area contributed by atoms with Crippen molar-refractivity contribution in [1.29, 1.82) is 0 Å². The first kappa shape index (κ1) is 9.36. The molecule has 0 bridgehead atoms. The molecule has 13 heavy (non-hydrogen) atoms. The topological polar surface area (TPSA) is 98.7 Å². The van der Waals surface area contributed by atoms with Crippen LogP contribution in [0.3, 0.4) is 0 Å². The molecule has 6 N–H and O–H groups in total. The summed E-state index contributed by atoms with van der Waals surface area (Å²) >= 11 is 0. The van der Waals surface area contributed by atoms with Gasteiger partial charge in [0.1, 0.15) is 0 Å². The van der Waals surface area contributed by atoms with Crippen LogP contribution in [0.15, 0.2) is 0 Å². The zero-order valence-electron chi connectivity index (χ0n) is 7.35. The molecule has 0 radical (unpaired) electrons. The molecule has 1 heterocycles. The fraction of sp³-hybridized carbons (Fsp3) is 1.00. The van der Waals surface area contributed by atoms with Crippen LogP contribution in [0.1, 0.15) is 12.8 Å². The molecule has 0 amide bonds. The largest absolute Gasteiger partial charge is 0.395 e. The molecule has 1 aliphatic heterocycles. The Hall–Kier alpha value is -0.200. The zero-order chi connectivity index (χ0) is 9.64. The first-order chi connectivity index (χ1) is 6.08. The maximum Gasteiger partial charge on any atom is 0.0990 e. The van der Waals surface area contributed by atoms with Gasteiger partial charge in [0.2, 0.25) is 0 Å². The summed E-state index contributed by atoms with van der Waals surface area (Å²) in [6.07, 6.45) is -0.0280. The Morgan fingerprint density at radius 1 is 1.31 bits per heavy atom. The molecule has 0 unspecified atom stereocenters. The Labute approximate surface area is 76.6 Å². The van der Waals surface area contributed by atoms with E-state index in [9.17, 15) is 10.2 Å². The lowest BCUT2D eigenvalue weighted by molar-refractivity contribution is 0.0158. The van der Waals surface area contributed by atoms with E-state index in [2.05, 4.69) is 5.32 Å². The van der Waals surface area contributed by atoms with E-state index < -0.39 is 18.2 Å². The van der Waals surface area contributed by atoms with Gasteiger partial charge in [-0.1, -0.05) is 0 Å². The molecule has 5 nitrogen and oxygen atoms in total. The monoisotopic (exact) mass is 188 g/mol. The highest BCUT2D eigenvalue weighted by atomic mass is 16.3. The zero-order valence-corrected chi connectivity index (χ0v) is 7.35. The SMILES string of the molecule is NC1([C@H]2N[C@H](CO)[C@H](O)[C@H]2O)CC1. The Morgan fingerprint density at radius 3 is 2.31 bits per heavy atom. The van der Waals surface area contributed by atoms with Gasteiger partial charge in [-0.3, -0.25) is 0 Å². The van der Waals surface area contributed by atoms with E-state index in [4.69, 9.17) is 10.8 Å². The molecular formula is C8H16N2O3. The summed E-state index contributed by atoms with van der Waals surface area (Å²) in [7, 11) is 0. The van der Waals surface area contributed by atoms with Crippen LogP contribution >= 0.6 is 0 Å². The van der Waals surface area contributed by atoms with Crippen molar-refractivity contribution in [3.05, 3.63) is 0 Å². The van der Waals surface area contributed by atoms with Crippen molar-refractivity contribution in [1.82, 2.24) is 5.32 Å². The summed E-state index contributed by atoms with van der Waals surface area (Å²) in [6, 6.07) is -0.722. The van der Waals surface area contributed by atoms with E-state index in [0.717, 1.165) is 12.8 Å². The van der Waals surface area contributed by atoms with E-state index in [1.165, 1.54) is 0 Å². The van der Waals surface area contributed by atoms with Crippen LogP contribution in [-0.2, 0) is 0 Å². The molecule has 1 aliphatic carbocycles. The molecular weight excluding hydrogens is 172 g/mol. The fourth-order valence-corrected chi connectivity index (χ4v) is 1.99. The summed E-state index contributed by atoms with van der Waals surface area (Å²) in [6.45, 7) is -0.176. The van der Waals surface area contributed by atoms with Crippen LogP contribution in [0, 0.1) is 0 Å². The van der Waals surface area contributed by atoms with E-state index in [-0.39, 0.29) is 18.2 Å². The smallest absolute Gasteiger partial charge is 0.0990 e. The third kappa shape index (κ3) is 1.37. The molecule has 2 fully saturated rings. The summed E-state index contributed by atoms with van der Waals surface area (Å²) in [4.78, 5) is 0. The molecule has 5 heteroatoms. The third-order valence-electron chi connectivity index (χ3n) is 3.14. The number of hydrogen-bond acceptors (Lipinski definition) is 5. The third-order valence-corrected chi connectivity index (χ3v) is 3.14. The van der Waals surface area contributed by atoms with E-state index in [1.54, 1.807) is 0 Å². The first-order valence-electron chi connectivity index (χ1n) is 4.60. The van der Waals surface area contributed by atoms with Crippen LogP contribution in [0.4, 0.5) is 0 Å². The molecule has 0 aromatic carbocycles. The normalized spacial score (nSPS) is 48.0. The summed E-state index contributed by atoms with van der Waals surface area (Å²) in [5, 5.41) is 31.0. The number of hydrogen-bond donors (Lipinski definition) is 5. The fourth-order valence-electron chi connectivity index (χ4n) is 1.99. The minimum atomic E-state index is -0.906. The van der Waals surface area contributed by atoms with Gasteiger partial charge in [-0.15, -0.1) is 0 Å². The van der Waals surface area contributed by atoms with E-state index in [0.29, 0.717) is 0 Å². The second kappa shape index (κ2) is 2.90. The molecule has 2 aliphatic rings. The van der Waals surface area contributed by atoms with Crippen molar-refractivity contribution in [2.45, 2.75) is 42.7 Å². The predicted molar refractivity (Wildman–Crippen MR) is 46.0 cm³/mol. The van der Waals surface area contributed by atoms with Crippen molar-refractivity contribution in [2.24, 2.45) is 5.73 Å². The molecule has 2 rings (SSSR count). The van der Waals surface area contributed by atoms with Gasteiger partial charge in [-0.05, 0) is 12.8 Å². The molecule has 0 aromatic heterocycles. The van der Waals surface area contributed by atoms with Crippen molar-refractivity contribution in [3.8, 4) is 0 Å². The average molecular weight is 188 g/mol. The lowest BCUT2D eigenvalue weighted by Gasteiger charge is -2.22. The first-order valence-corrected chi connectivity index (χ1v) is 4.60. The molecule has 0 spiro atoms. The van der Waals surface area contributed by atoms with E-state index >= 15 is 0 Å².